The number of nitrogens with zero attached hydrogens (tertiary/aromatic N) is 3. The van der Waals surface area contributed by atoms with Crippen LogP contribution in [0.15, 0.2) is 47.6 Å². The van der Waals surface area contributed by atoms with Gasteiger partial charge in [-0.25, -0.2) is 0 Å². The van der Waals surface area contributed by atoms with Crippen LogP contribution in [0.2, 0.25) is 0 Å². The predicted octanol–water partition coefficient (Wildman–Crippen LogP) is 3.99. The van der Waals surface area contributed by atoms with Crippen molar-refractivity contribution in [3.05, 3.63) is 65.0 Å². The molecule has 2 aromatic carbocycles. The number of carbonyl (C=O) groups excluding carboxylic acids is 1. The lowest BCUT2D eigenvalue weighted by atomic mass is 10.1. The number of thioether (sulfide) groups is 1. The molecule has 3 rings (SSSR count). The van der Waals surface area contributed by atoms with Crippen LogP contribution in [0, 0.1) is 13.8 Å². The van der Waals surface area contributed by atoms with Crippen LogP contribution >= 0.6 is 11.8 Å². The van der Waals surface area contributed by atoms with Crippen LogP contribution in [0.3, 0.4) is 0 Å². The van der Waals surface area contributed by atoms with Crippen molar-refractivity contribution in [2.24, 2.45) is 7.05 Å². The number of hydrogen-bond acceptors (Lipinski definition) is 6. The van der Waals surface area contributed by atoms with E-state index in [-0.39, 0.29) is 11.5 Å². The molecule has 0 unspecified atom stereocenters. The number of aryl methyl sites for hydroxylation is 2. The second-order valence-electron chi connectivity index (χ2n) is 6.51. The Labute approximate surface area is 168 Å². The highest BCUT2D eigenvalue weighted by Crippen LogP contribution is 2.21. The van der Waals surface area contributed by atoms with Crippen LogP contribution in [0.1, 0.15) is 27.3 Å². The molecule has 0 radical (unpaired) electrons. The van der Waals surface area contributed by atoms with E-state index < -0.39 is 0 Å². The molecule has 0 atom stereocenters. The molecule has 0 amide bonds. The van der Waals surface area contributed by atoms with Gasteiger partial charge in [-0.05, 0) is 61.4 Å². The first-order chi connectivity index (χ1) is 13.5. The summed E-state index contributed by atoms with van der Waals surface area (Å²) in [6, 6.07) is 13.2. The molecule has 0 saturated carbocycles. The van der Waals surface area contributed by atoms with Crippen molar-refractivity contribution in [3.63, 3.8) is 0 Å². The number of Topliss-reactive ketones (excluding diaryl/α,β-unsaturated/α-hetero) is 1. The number of aromatic nitrogens is 3. The molecule has 1 aromatic heterocycles. The normalized spacial score (nSPS) is 10.7. The molecule has 0 saturated heterocycles. The van der Waals surface area contributed by atoms with E-state index >= 15 is 0 Å². The molecule has 0 aliphatic rings. The van der Waals surface area contributed by atoms with Crippen molar-refractivity contribution in [1.29, 1.82) is 0 Å². The zero-order chi connectivity index (χ0) is 20.1. The van der Waals surface area contributed by atoms with Gasteiger partial charge >= 0.3 is 0 Å². The van der Waals surface area contributed by atoms with Crippen molar-refractivity contribution < 1.29 is 14.3 Å². The van der Waals surface area contributed by atoms with E-state index in [0.29, 0.717) is 23.2 Å². The summed E-state index contributed by atoms with van der Waals surface area (Å²) in [6.45, 7) is 4.40. The average Bonchev–Trinajstić information content (AvgIpc) is 3.03. The fraction of sp³-hybridized carbons (Fsp3) is 0.286. The molecule has 1 heterocycles. The quantitative estimate of drug-likeness (QED) is 0.423. The van der Waals surface area contributed by atoms with Crippen molar-refractivity contribution in [3.8, 4) is 11.5 Å². The number of rotatable bonds is 8. The summed E-state index contributed by atoms with van der Waals surface area (Å²) in [7, 11) is 3.47. The molecular formula is C21H23N3O3S. The maximum absolute atomic E-state index is 12.4. The van der Waals surface area contributed by atoms with Crippen molar-refractivity contribution >= 4 is 17.5 Å². The van der Waals surface area contributed by atoms with E-state index in [2.05, 4.69) is 16.3 Å². The second kappa shape index (κ2) is 8.93. The number of ether oxygens (including phenoxy) is 2. The predicted molar refractivity (Wildman–Crippen MR) is 109 cm³/mol. The molecule has 28 heavy (non-hydrogen) atoms. The lowest BCUT2D eigenvalue weighted by molar-refractivity contribution is 0.102. The Morgan fingerprint density at radius 1 is 1.04 bits per heavy atom. The fourth-order valence-electron chi connectivity index (χ4n) is 2.75. The Hall–Kier alpha value is -2.80. The number of methoxy groups -OCH3 is 1. The Morgan fingerprint density at radius 2 is 1.71 bits per heavy atom. The molecule has 0 fully saturated rings. The summed E-state index contributed by atoms with van der Waals surface area (Å²) >= 11 is 1.36. The monoisotopic (exact) mass is 397 g/mol. The molecule has 0 N–H and O–H groups in total. The first-order valence-electron chi connectivity index (χ1n) is 8.85. The number of carbonyl (C=O) groups is 1. The van der Waals surface area contributed by atoms with Gasteiger partial charge in [0.15, 0.2) is 16.8 Å². The first kappa shape index (κ1) is 19.9. The van der Waals surface area contributed by atoms with Gasteiger partial charge in [0.05, 0.1) is 12.9 Å². The van der Waals surface area contributed by atoms with Gasteiger partial charge in [-0.2, -0.15) is 0 Å². The van der Waals surface area contributed by atoms with Gasteiger partial charge in [-0.1, -0.05) is 17.8 Å². The molecule has 6 nitrogen and oxygen atoms in total. The highest BCUT2D eigenvalue weighted by atomic mass is 32.2. The summed E-state index contributed by atoms with van der Waals surface area (Å²) in [4.78, 5) is 12.4. The van der Waals surface area contributed by atoms with Crippen LogP contribution in [0.5, 0.6) is 11.5 Å². The molecule has 0 aliphatic heterocycles. The maximum Gasteiger partial charge on any atom is 0.191 e. The van der Waals surface area contributed by atoms with Crippen LogP contribution in [0.4, 0.5) is 0 Å². The first-order valence-corrected chi connectivity index (χ1v) is 9.84. The van der Waals surface area contributed by atoms with Crippen LogP contribution in [-0.4, -0.2) is 33.4 Å². The van der Waals surface area contributed by atoms with Crippen LogP contribution in [-0.2, 0) is 13.7 Å². The average molecular weight is 398 g/mol. The smallest absolute Gasteiger partial charge is 0.191 e. The van der Waals surface area contributed by atoms with E-state index in [1.165, 1.54) is 11.8 Å². The minimum Gasteiger partial charge on any atom is -0.497 e. The minimum absolute atomic E-state index is 0.0312. The minimum atomic E-state index is 0.0312. The van der Waals surface area contributed by atoms with Crippen molar-refractivity contribution in [2.75, 3.05) is 12.9 Å². The molecule has 146 valence electrons. The van der Waals surface area contributed by atoms with Gasteiger partial charge in [-0.3, -0.25) is 4.79 Å². The standard InChI is InChI=1S/C21H23N3O3S/c1-14-9-15(2)11-18(10-14)27-12-20-22-23-21(24(20)3)28-13-19(25)16-5-7-17(26-4)8-6-16/h5-11H,12-13H2,1-4H3. The van der Waals surface area contributed by atoms with Gasteiger partial charge in [0.1, 0.15) is 18.1 Å². The summed E-state index contributed by atoms with van der Waals surface area (Å²) in [5, 5.41) is 9.05. The lowest BCUT2D eigenvalue weighted by Crippen LogP contribution is -2.06. The third-order valence-corrected chi connectivity index (χ3v) is 5.25. The van der Waals surface area contributed by atoms with Gasteiger partial charge in [-0.15, -0.1) is 10.2 Å². The van der Waals surface area contributed by atoms with Gasteiger partial charge in [0.2, 0.25) is 0 Å². The molecule has 0 spiro atoms. The number of hydrogen-bond donors (Lipinski definition) is 0. The third-order valence-electron chi connectivity index (χ3n) is 4.23. The Kier molecular flexibility index (Phi) is 6.36. The van der Waals surface area contributed by atoms with E-state index in [1.54, 1.807) is 31.4 Å². The van der Waals surface area contributed by atoms with Gasteiger partial charge in [0.25, 0.3) is 0 Å². The Balaban J connectivity index is 1.58. The second-order valence-corrected chi connectivity index (χ2v) is 7.45. The summed E-state index contributed by atoms with van der Waals surface area (Å²) in [5.41, 5.74) is 2.95. The van der Waals surface area contributed by atoms with Crippen molar-refractivity contribution in [1.82, 2.24) is 14.8 Å². The number of ketones is 1. The third kappa shape index (κ3) is 4.92. The highest BCUT2D eigenvalue weighted by molar-refractivity contribution is 7.99. The topological polar surface area (TPSA) is 66.2 Å². The zero-order valence-electron chi connectivity index (χ0n) is 16.4. The Morgan fingerprint density at radius 3 is 2.36 bits per heavy atom. The summed E-state index contributed by atoms with van der Waals surface area (Å²) in [5.74, 6) is 2.56. The summed E-state index contributed by atoms with van der Waals surface area (Å²) < 4.78 is 12.8. The lowest BCUT2D eigenvalue weighted by Gasteiger charge is -2.08. The highest BCUT2D eigenvalue weighted by Gasteiger charge is 2.13. The number of benzene rings is 2. The largest absolute Gasteiger partial charge is 0.497 e. The molecule has 0 aliphatic carbocycles. The van der Waals surface area contributed by atoms with Gasteiger partial charge < -0.3 is 14.0 Å². The van der Waals surface area contributed by atoms with E-state index in [1.807, 2.05) is 37.6 Å². The zero-order valence-corrected chi connectivity index (χ0v) is 17.2. The molecule has 3 aromatic rings. The Bertz CT molecular complexity index is 947. The van der Waals surface area contributed by atoms with E-state index in [9.17, 15) is 4.79 Å². The van der Waals surface area contributed by atoms with Crippen LogP contribution < -0.4 is 9.47 Å². The van der Waals surface area contributed by atoms with Gasteiger partial charge in [0, 0.05) is 12.6 Å². The van der Waals surface area contributed by atoms with Crippen molar-refractivity contribution in [2.45, 2.75) is 25.6 Å². The molecule has 0 bridgehead atoms. The summed E-state index contributed by atoms with van der Waals surface area (Å²) in [6.07, 6.45) is 0. The molecule has 7 heteroatoms. The fourth-order valence-corrected chi connectivity index (χ4v) is 3.58. The molecular weight excluding hydrogens is 374 g/mol. The van der Waals surface area contributed by atoms with E-state index in [0.717, 1.165) is 22.6 Å². The maximum atomic E-state index is 12.4. The SMILES string of the molecule is COc1ccc(C(=O)CSc2nnc(COc3cc(C)cc(C)c3)n2C)cc1. The van der Waals surface area contributed by atoms with E-state index in [4.69, 9.17) is 9.47 Å². The van der Waals surface area contributed by atoms with Crippen LogP contribution in [0.25, 0.3) is 0 Å².